The van der Waals surface area contributed by atoms with Crippen molar-refractivity contribution < 1.29 is 17.9 Å². The van der Waals surface area contributed by atoms with Crippen LogP contribution in [0, 0.1) is 0 Å². The smallest absolute Gasteiger partial charge is 0.416 e. The predicted octanol–water partition coefficient (Wildman–Crippen LogP) is 4.62. The number of aromatic nitrogens is 4. The molecule has 186 valence electrons. The number of rotatable bonds is 5. The number of ether oxygens (including phenoxy) is 1. The van der Waals surface area contributed by atoms with Gasteiger partial charge in [-0.15, -0.1) is 0 Å². The highest BCUT2D eigenvalue weighted by atomic mass is 19.4. The Morgan fingerprint density at radius 1 is 1.08 bits per heavy atom. The molecule has 1 aliphatic heterocycles. The molecule has 0 spiro atoms. The summed E-state index contributed by atoms with van der Waals surface area (Å²) < 4.78 is 47.1. The van der Waals surface area contributed by atoms with Crippen LogP contribution < -0.4 is 20.9 Å². The van der Waals surface area contributed by atoms with Gasteiger partial charge in [-0.05, 0) is 67.1 Å². The first kappa shape index (κ1) is 23.7. The van der Waals surface area contributed by atoms with Gasteiger partial charge in [0.1, 0.15) is 5.82 Å². The van der Waals surface area contributed by atoms with Gasteiger partial charge in [0.2, 0.25) is 0 Å². The molecule has 4 aromatic rings. The molecule has 5 rings (SSSR count). The van der Waals surface area contributed by atoms with Crippen LogP contribution in [-0.2, 0) is 6.18 Å². The normalized spacial score (nSPS) is 14.7. The van der Waals surface area contributed by atoms with Crippen LogP contribution in [-0.4, -0.2) is 40.1 Å². The molecule has 4 heterocycles. The molecule has 0 unspecified atom stereocenters. The zero-order valence-electron chi connectivity index (χ0n) is 19.3. The lowest BCUT2D eigenvalue weighted by Crippen LogP contribution is -2.27. The fourth-order valence-electron chi connectivity index (χ4n) is 4.51. The maximum atomic E-state index is 14.0. The molecule has 3 N–H and O–H groups in total. The molecule has 0 saturated carbocycles. The minimum Gasteiger partial charge on any atom is -0.467 e. The second-order valence-corrected chi connectivity index (χ2v) is 8.53. The first-order valence-electron chi connectivity index (χ1n) is 11.4. The summed E-state index contributed by atoms with van der Waals surface area (Å²) in [6.45, 7) is 1.37. The summed E-state index contributed by atoms with van der Waals surface area (Å²) in [5, 5.41) is 6.93. The van der Waals surface area contributed by atoms with Crippen molar-refractivity contribution in [2.75, 3.05) is 25.5 Å². The molecule has 1 aliphatic rings. The average Bonchev–Trinajstić information content (AvgIpc) is 2.88. The van der Waals surface area contributed by atoms with Gasteiger partial charge in [-0.1, -0.05) is 6.07 Å². The van der Waals surface area contributed by atoms with Crippen molar-refractivity contribution in [1.82, 2.24) is 25.3 Å². The van der Waals surface area contributed by atoms with E-state index in [0.29, 0.717) is 42.6 Å². The number of nitrogens with zero attached hydrogens (tertiary/aromatic N) is 3. The zero-order valence-corrected chi connectivity index (χ0v) is 19.3. The van der Waals surface area contributed by atoms with E-state index in [4.69, 9.17) is 4.74 Å². The number of fused-ring (bicyclic) bond motifs is 1. The minimum atomic E-state index is -4.52. The lowest BCUT2D eigenvalue weighted by Gasteiger charge is -2.26. The first-order chi connectivity index (χ1) is 17.3. The standard InChI is InChI=1S/C25H23F3N6O2/c1-36-24-31-12-16(13-32-24)20-10-15-6-9-30-23(35)21(15)22(34-20)33-17-2-3-18(14-4-7-29-8-5-14)19(11-17)25(26,27)28/h2-3,6,9-14,29H,4-5,7-8H2,1H3,(H,30,35)(H,33,34). The van der Waals surface area contributed by atoms with E-state index in [9.17, 15) is 18.0 Å². The van der Waals surface area contributed by atoms with Crippen molar-refractivity contribution in [2.24, 2.45) is 0 Å². The molecule has 0 amide bonds. The lowest BCUT2D eigenvalue weighted by atomic mass is 9.86. The summed E-state index contributed by atoms with van der Waals surface area (Å²) in [5.74, 6) is -0.0416. The van der Waals surface area contributed by atoms with Crippen LogP contribution in [0.1, 0.15) is 29.9 Å². The SMILES string of the molecule is COc1ncc(-c2cc3cc[nH]c(=O)c3c(Nc3ccc(C4CCNCC4)c(C(F)(F)F)c3)n2)cn1. The Morgan fingerprint density at radius 3 is 2.53 bits per heavy atom. The van der Waals surface area contributed by atoms with Crippen molar-refractivity contribution in [3.05, 3.63) is 70.4 Å². The van der Waals surface area contributed by atoms with Crippen LogP contribution in [0.5, 0.6) is 6.01 Å². The van der Waals surface area contributed by atoms with Crippen molar-refractivity contribution in [3.8, 4) is 17.3 Å². The summed E-state index contributed by atoms with van der Waals surface area (Å²) in [6, 6.07) is 7.78. The van der Waals surface area contributed by atoms with Crippen LogP contribution in [0.3, 0.4) is 0 Å². The number of pyridine rings is 2. The number of benzene rings is 1. The summed E-state index contributed by atoms with van der Waals surface area (Å²) in [6.07, 6.45) is 1.30. The molecule has 11 heteroatoms. The van der Waals surface area contributed by atoms with Crippen molar-refractivity contribution in [1.29, 1.82) is 0 Å². The molecule has 0 radical (unpaired) electrons. The average molecular weight is 496 g/mol. The Bertz CT molecular complexity index is 1450. The van der Waals surface area contributed by atoms with E-state index in [0.717, 1.165) is 6.07 Å². The molecular weight excluding hydrogens is 473 g/mol. The van der Waals surface area contributed by atoms with Crippen molar-refractivity contribution in [2.45, 2.75) is 24.9 Å². The Kier molecular flexibility index (Phi) is 6.31. The van der Waals surface area contributed by atoms with E-state index in [1.165, 1.54) is 31.8 Å². The van der Waals surface area contributed by atoms with Crippen LogP contribution in [0.2, 0.25) is 0 Å². The van der Waals surface area contributed by atoms with Gasteiger partial charge in [-0.25, -0.2) is 15.0 Å². The maximum absolute atomic E-state index is 14.0. The van der Waals surface area contributed by atoms with Crippen molar-refractivity contribution in [3.63, 3.8) is 0 Å². The molecule has 1 fully saturated rings. The minimum absolute atomic E-state index is 0.128. The first-order valence-corrected chi connectivity index (χ1v) is 11.4. The van der Waals surface area contributed by atoms with E-state index < -0.39 is 17.3 Å². The number of H-pyrrole nitrogens is 1. The number of nitrogens with one attached hydrogen (secondary N) is 3. The summed E-state index contributed by atoms with van der Waals surface area (Å²) >= 11 is 0. The third-order valence-electron chi connectivity index (χ3n) is 6.26. The highest BCUT2D eigenvalue weighted by Crippen LogP contribution is 2.40. The Balaban J connectivity index is 1.59. The quantitative estimate of drug-likeness (QED) is 0.370. The molecule has 0 aliphatic carbocycles. The van der Waals surface area contributed by atoms with Crippen molar-refractivity contribution >= 4 is 22.3 Å². The highest BCUT2D eigenvalue weighted by molar-refractivity contribution is 5.95. The summed E-state index contributed by atoms with van der Waals surface area (Å²) in [4.78, 5) is 28.0. The van der Waals surface area contributed by atoms with E-state index in [1.807, 2.05) is 0 Å². The molecule has 8 nitrogen and oxygen atoms in total. The van der Waals surface area contributed by atoms with E-state index >= 15 is 0 Å². The second-order valence-electron chi connectivity index (χ2n) is 8.53. The number of piperidine rings is 1. The number of halogens is 3. The zero-order chi connectivity index (χ0) is 25.3. The number of anilines is 2. The molecule has 0 atom stereocenters. The molecular formula is C25H23F3N6O2. The molecule has 1 aromatic carbocycles. The van der Waals surface area contributed by atoms with Gasteiger partial charge >= 0.3 is 12.2 Å². The molecule has 36 heavy (non-hydrogen) atoms. The Morgan fingerprint density at radius 2 is 1.83 bits per heavy atom. The lowest BCUT2D eigenvalue weighted by molar-refractivity contribution is -0.138. The van der Waals surface area contributed by atoms with Gasteiger partial charge in [0.25, 0.3) is 5.56 Å². The molecule has 3 aromatic heterocycles. The number of aromatic amines is 1. The topological polar surface area (TPSA) is 105 Å². The molecule has 0 bridgehead atoms. The second kappa shape index (κ2) is 9.57. The predicted molar refractivity (Wildman–Crippen MR) is 130 cm³/mol. The van der Waals surface area contributed by atoms with E-state index in [-0.39, 0.29) is 34.4 Å². The van der Waals surface area contributed by atoms with E-state index in [2.05, 4.69) is 30.6 Å². The summed E-state index contributed by atoms with van der Waals surface area (Å²) in [5.41, 5.74) is 0.369. The van der Waals surface area contributed by atoms with Gasteiger partial charge in [0.15, 0.2) is 0 Å². The van der Waals surface area contributed by atoms with Crippen LogP contribution >= 0.6 is 0 Å². The fourth-order valence-corrected chi connectivity index (χ4v) is 4.51. The van der Waals surface area contributed by atoms with Crippen LogP contribution in [0.15, 0.2) is 53.7 Å². The van der Waals surface area contributed by atoms with E-state index in [1.54, 1.807) is 18.2 Å². The van der Waals surface area contributed by atoms with Gasteiger partial charge in [0.05, 0.1) is 23.8 Å². The Hall–Kier alpha value is -3.99. The third-order valence-corrected chi connectivity index (χ3v) is 6.26. The summed E-state index contributed by atoms with van der Waals surface area (Å²) in [7, 11) is 1.45. The largest absolute Gasteiger partial charge is 0.467 e. The maximum Gasteiger partial charge on any atom is 0.416 e. The van der Waals surface area contributed by atoms with Gasteiger partial charge < -0.3 is 20.4 Å². The third kappa shape index (κ3) is 4.74. The number of methoxy groups -OCH3 is 1. The van der Waals surface area contributed by atoms with Gasteiger partial charge in [-0.3, -0.25) is 4.79 Å². The van der Waals surface area contributed by atoms with Crippen LogP contribution in [0.25, 0.3) is 22.0 Å². The van der Waals surface area contributed by atoms with Gasteiger partial charge in [0, 0.05) is 29.8 Å². The van der Waals surface area contributed by atoms with Crippen LogP contribution in [0.4, 0.5) is 24.7 Å². The number of hydrogen-bond donors (Lipinski definition) is 3. The Labute approximate surface area is 204 Å². The van der Waals surface area contributed by atoms with Gasteiger partial charge in [-0.2, -0.15) is 13.2 Å². The number of hydrogen-bond acceptors (Lipinski definition) is 7. The monoisotopic (exact) mass is 496 g/mol. The number of alkyl halides is 3. The fraction of sp³-hybridized carbons (Fsp3) is 0.280. The highest BCUT2D eigenvalue weighted by Gasteiger charge is 2.36. The molecule has 1 saturated heterocycles.